The first-order valence-electron chi connectivity index (χ1n) is 9.32. The molecule has 0 aromatic heterocycles. The first-order chi connectivity index (χ1) is 13.0. The molecule has 0 aliphatic carbocycles. The zero-order valence-electron chi connectivity index (χ0n) is 17.1. The third-order valence-electron chi connectivity index (χ3n) is 4.20. The highest BCUT2D eigenvalue weighted by Crippen LogP contribution is 2.40. The summed E-state index contributed by atoms with van der Waals surface area (Å²) in [5, 5.41) is 6.92. The molecule has 5 nitrogen and oxygen atoms in total. The van der Waals surface area contributed by atoms with E-state index in [4.69, 9.17) is 14.2 Å². The van der Waals surface area contributed by atoms with Crippen LogP contribution in [0, 0.1) is 0 Å². The van der Waals surface area contributed by atoms with Crippen LogP contribution in [0.15, 0.2) is 42.5 Å². The van der Waals surface area contributed by atoms with Crippen LogP contribution in [0.5, 0.6) is 11.5 Å². The van der Waals surface area contributed by atoms with Crippen molar-refractivity contribution in [2.24, 2.45) is 0 Å². The van der Waals surface area contributed by atoms with Crippen LogP contribution in [0.1, 0.15) is 32.8 Å². The Morgan fingerprint density at radius 1 is 0.926 bits per heavy atom. The van der Waals surface area contributed by atoms with E-state index in [1.54, 1.807) is 14.2 Å². The average molecular weight is 373 g/mol. The Morgan fingerprint density at radius 3 is 2.26 bits per heavy atom. The molecule has 2 aromatic rings. The summed E-state index contributed by atoms with van der Waals surface area (Å²) in [7, 11) is 3.31. The lowest BCUT2D eigenvalue weighted by atomic mass is 9.85. The lowest BCUT2D eigenvalue weighted by molar-refractivity contribution is 0.0502. The minimum Gasteiger partial charge on any atom is -0.497 e. The number of methoxy groups -OCH3 is 2. The van der Waals surface area contributed by atoms with Gasteiger partial charge in [0.25, 0.3) is 0 Å². The fourth-order valence-electron chi connectivity index (χ4n) is 2.78. The van der Waals surface area contributed by atoms with E-state index in [-0.39, 0.29) is 12.2 Å². The van der Waals surface area contributed by atoms with Gasteiger partial charge in [-0.1, -0.05) is 39.0 Å². The number of nitrogens with one attached hydrogen (secondary N) is 2. The topological polar surface area (TPSA) is 51.8 Å². The summed E-state index contributed by atoms with van der Waals surface area (Å²) in [6.07, 6.45) is 0.973. The Bertz CT molecular complexity index is 697. The summed E-state index contributed by atoms with van der Waals surface area (Å²) in [5.41, 5.74) is 3.07. The highest BCUT2D eigenvalue weighted by Gasteiger charge is 2.23. The molecule has 0 amide bonds. The summed E-state index contributed by atoms with van der Waals surface area (Å²) in [4.78, 5) is 0. The molecule has 0 aliphatic rings. The van der Waals surface area contributed by atoms with Crippen molar-refractivity contribution in [2.45, 2.75) is 32.6 Å². The Balaban J connectivity index is 2.06. The molecule has 0 heterocycles. The van der Waals surface area contributed by atoms with Gasteiger partial charge in [0.05, 0.1) is 12.8 Å². The Kier molecular flexibility index (Phi) is 7.80. The zero-order chi connectivity index (χ0) is 19.7. The standard InChI is InChI=1S/C22H32N2O3/c1-22(2,3)19-14-18(26-5)15-20(21(19)27-16-25-4)24-13-9-12-23-17-10-7-6-8-11-17/h6-8,10-11,14-15,23-24H,9,12-13,16H2,1-5H3. The van der Waals surface area contributed by atoms with Crippen molar-refractivity contribution in [3.05, 3.63) is 48.0 Å². The van der Waals surface area contributed by atoms with E-state index in [1.807, 2.05) is 30.3 Å². The van der Waals surface area contributed by atoms with Gasteiger partial charge in [0.15, 0.2) is 6.79 Å². The second-order valence-electron chi connectivity index (χ2n) is 7.43. The number of hydrogen-bond acceptors (Lipinski definition) is 5. The lowest BCUT2D eigenvalue weighted by Gasteiger charge is -2.26. The van der Waals surface area contributed by atoms with Gasteiger partial charge in [-0.3, -0.25) is 0 Å². The smallest absolute Gasteiger partial charge is 0.188 e. The van der Waals surface area contributed by atoms with Crippen LogP contribution >= 0.6 is 0 Å². The van der Waals surface area contributed by atoms with Crippen molar-refractivity contribution in [1.29, 1.82) is 0 Å². The lowest BCUT2D eigenvalue weighted by Crippen LogP contribution is -2.17. The third kappa shape index (κ3) is 6.36. The van der Waals surface area contributed by atoms with Gasteiger partial charge >= 0.3 is 0 Å². The van der Waals surface area contributed by atoms with Gasteiger partial charge < -0.3 is 24.8 Å². The fraction of sp³-hybridized carbons (Fsp3) is 0.455. The molecule has 148 valence electrons. The van der Waals surface area contributed by atoms with Gasteiger partial charge in [0.2, 0.25) is 0 Å². The molecule has 0 aliphatic heterocycles. The minimum atomic E-state index is -0.0804. The van der Waals surface area contributed by atoms with E-state index in [0.29, 0.717) is 0 Å². The van der Waals surface area contributed by atoms with Crippen molar-refractivity contribution < 1.29 is 14.2 Å². The van der Waals surface area contributed by atoms with E-state index >= 15 is 0 Å². The largest absolute Gasteiger partial charge is 0.497 e. The molecular weight excluding hydrogens is 340 g/mol. The van der Waals surface area contributed by atoms with Crippen LogP contribution in [0.3, 0.4) is 0 Å². The number of rotatable bonds is 10. The Hall–Kier alpha value is -2.40. The van der Waals surface area contributed by atoms with E-state index in [2.05, 4.69) is 43.5 Å². The number of anilines is 2. The maximum atomic E-state index is 5.91. The molecule has 2 aromatic carbocycles. The van der Waals surface area contributed by atoms with Crippen LogP contribution in [-0.2, 0) is 10.2 Å². The number of ether oxygens (including phenoxy) is 3. The van der Waals surface area contributed by atoms with Crippen molar-refractivity contribution in [1.82, 2.24) is 0 Å². The fourth-order valence-corrected chi connectivity index (χ4v) is 2.78. The van der Waals surface area contributed by atoms with Gasteiger partial charge in [-0.2, -0.15) is 0 Å². The first kappa shape index (κ1) is 20.9. The third-order valence-corrected chi connectivity index (χ3v) is 4.20. The van der Waals surface area contributed by atoms with Gasteiger partial charge in [0.1, 0.15) is 11.5 Å². The maximum absolute atomic E-state index is 5.91. The van der Waals surface area contributed by atoms with Crippen molar-refractivity contribution in [3.8, 4) is 11.5 Å². The summed E-state index contributed by atoms with van der Waals surface area (Å²) in [6, 6.07) is 14.2. The number of benzene rings is 2. The Morgan fingerprint density at radius 2 is 1.63 bits per heavy atom. The van der Waals surface area contributed by atoms with Crippen molar-refractivity contribution in [2.75, 3.05) is 44.7 Å². The molecule has 27 heavy (non-hydrogen) atoms. The summed E-state index contributed by atoms with van der Waals surface area (Å²) in [6.45, 7) is 8.40. The van der Waals surface area contributed by atoms with E-state index in [1.165, 1.54) is 0 Å². The van der Waals surface area contributed by atoms with Crippen LogP contribution in [-0.4, -0.2) is 34.1 Å². The number of hydrogen-bond donors (Lipinski definition) is 2. The summed E-state index contributed by atoms with van der Waals surface area (Å²) >= 11 is 0. The average Bonchev–Trinajstić information content (AvgIpc) is 2.66. The quantitative estimate of drug-likeness (QED) is 0.459. The molecule has 0 radical (unpaired) electrons. The molecule has 0 atom stereocenters. The predicted molar refractivity (Wildman–Crippen MR) is 112 cm³/mol. The van der Waals surface area contributed by atoms with Crippen LogP contribution < -0.4 is 20.1 Å². The van der Waals surface area contributed by atoms with Gasteiger partial charge in [0, 0.05) is 37.5 Å². The maximum Gasteiger partial charge on any atom is 0.188 e. The van der Waals surface area contributed by atoms with Crippen molar-refractivity contribution >= 4 is 11.4 Å². The molecule has 0 saturated carbocycles. The molecule has 0 spiro atoms. The second kappa shape index (κ2) is 10.1. The van der Waals surface area contributed by atoms with Crippen molar-refractivity contribution in [3.63, 3.8) is 0 Å². The van der Waals surface area contributed by atoms with E-state index in [0.717, 1.165) is 47.9 Å². The molecule has 2 N–H and O–H groups in total. The second-order valence-corrected chi connectivity index (χ2v) is 7.43. The molecule has 0 unspecified atom stereocenters. The van der Waals surface area contributed by atoms with Crippen LogP contribution in [0.25, 0.3) is 0 Å². The first-order valence-corrected chi connectivity index (χ1v) is 9.32. The predicted octanol–water partition coefficient (Wildman–Crippen LogP) is 4.89. The molecule has 0 bridgehead atoms. The molecule has 5 heteroatoms. The molecule has 0 saturated heterocycles. The van der Waals surface area contributed by atoms with E-state index in [9.17, 15) is 0 Å². The highest BCUT2D eigenvalue weighted by molar-refractivity contribution is 5.65. The highest BCUT2D eigenvalue weighted by atomic mass is 16.7. The van der Waals surface area contributed by atoms with Gasteiger partial charge in [-0.15, -0.1) is 0 Å². The van der Waals surface area contributed by atoms with E-state index < -0.39 is 0 Å². The molecular formula is C22H32N2O3. The normalized spacial score (nSPS) is 11.1. The molecule has 0 fully saturated rings. The monoisotopic (exact) mass is 372 g/mol. The summed E-state index contributed by atoms with van der Waals surface area (Å²) < 4.78 is 16.5. The minimum absolute atomic E-state index is 0.0804. The Labute approximate surface area is 163 Å². The number of para-hydroxylation sites is 1. The SMILES string of the molecule is COCOc1c(NCCCNc2ccccc2)cc(OC)cc1C(C)(C)C. The molecule has 2 rings (SSSR count). The summed E-state index contributed by atoms with van der Waals surface area (Å²) in [5.74, 6) is 1.63. The van der Waals surface area contributed by atoms with Gasteiger partial charge in [-0.05, 0) is 30.0 Å². The van der Waals surface area contributed by atoms with Crippen LogP contribution in [0.2, 0.25) is 0 Å². The van der Waals surface area contributed by atoms with Gasteiger partial charge in [-0.25, -0.2) is 0 Å². The zero-order valence-corrected chi connectivity index (χ0v) is 17.1. The van der Waals surface area contributed by atoms with Crippen LogP contribution in [0.4, 0.5) is 11.4 Å².